The van der Waals surface area contributed by atoms with Gasteiger partial charge >= 0.3 is 0 Å². The number of nitrogens with two attached hydrogens (primary N) is 1. The minimum atomic E-state index is 0.108. The molecule has 0 radical (unpaired) electrons. The molecular weight excluding hydrogens is 317 g/mol. The molecule has 15 heavy (non-hydrogen) atoms. The SMILES string of the molecule is NC(Cc1ccsc1)c1ccc(I)cc1. The van der Waals surface area contributed by atoms with E-state index in [0.29, 0.717) is 0 Å². The second-order valence-corrected chi connectivity index (χ2v) is 5.52. The maximum atomic E-state index is 6.14. The van der Waals surface area contributed by atoms with Crippen LogP contribution in [0.5, 0.6) is 0 Å². The molecule has 0 aliphatic rings. The molecule has 0 spiro atoms. The normalized spacial score (nSPS) is 12.7. The maximum absolute atomic E-state index is 6.14. The van der Waals surface area contributed by atoms with Gasteiger partial charge in [0.15, 0.2) is 0 Å². The zero-order chi connectivity index (χ0) is 10.7. The van der Waals surface area contributed by atoms with Gasteiger partial charge in [-0.15, -0.1) is 0 Å². The van der Waals surface area contributed by atoms with Crippen LogP contribution in [0.3, 0.4) is 0 Å². The van der Waals surface area contributed by atoms with E-state index in [9.17, 15) is 0 Å². The molecule has 0 amide bonds. The zero-order valence-corrected chi connectivity index (χ0v) is 11.2. The second kappa shape index (κ2) is 5.09. The average Bonchev–Trinajstić information content (AvgIpc) is 2.71. The largest absolute Gasteiger partial charge is 0.324 e. The van der Waals surface area contributed by atoms with Gasteiger partial charge in [-0.25, -0.2) is 0 Å². The first-order valence-corrected chi connectivity index (χ1v) is 6.80. The summed E-state index contributed by atoms with van der Waals surface area (Å²) >= 11 is 4.03. The Labute approximate surface area is 107 Å². The van der Waals surface area contributed by atoms with E-state index in [4.69, 9.17) is 5.73 Å². The molecule has 0 saturated carbocycles. The molecule has 0 aliphatic heterocycles. The zero-order valence-electron chi connectivity index (χ0n) is 8.19. The lowest BCUT2D eigenvalue weighted by atomic mass is 10.0. The molecular formula is C12H12INS. The smallest absolute Gasteiger partial charge is 0.0336 e. The number of hydrogen-bond acceptors (Lipinski definition) is 2. The highest BCUT2D eigenvalue weighted by Crippen LogP contribution is 2.18. The lowest BCUT2D eigenvalue weighted by molar-refractivity contribution is 0.723. The van der Waals surface area contributed by atoms with E-state index in [2.05, 4.69) is 63.7 Å². The van der Waals surface area contributed by atoms with Gasteiger partial charge in [-0.2, -0.15) is 11.3 Å². The summed E-state index contributed by atoms with van der Waals surface area (Å²) in [6, 6.07) is 10.7. The molecule has 1 atom stereocenters. The third kappa shape index (κ3) is 3.03. The van der Waals surface area contributed by atoms with Crippen LogP contribution in [-0.4, -0.2) is 0 Å². The minimum Gasteiger partial charge on any atom is -0.324 e. The van der Waals surface area contributed by atoms with E-state index in [1.54, 1.807) is 11.3 Å². The van der Waals surface area contributed by atoms with Crippen molar-refractivity contribution in [3.05, 3.63) is 55.8 Å². The molecule has 2 N–H and O–H groups in total. The van der Waals surface area contributed by atoms with Crippen molar-refractivity contribution in [3.63, 3.8) is 0 Å². The first-order valence-electron chi connectivity index (χ1n) is 4.78. The fraction of sp³-hybridized carbons (Fsp3) is 0.167. The van der Waals surface area contributed by atoms with Crippen molar-refractivity contribution in [2.24, 2.45) is 5.73 Å². The van der Waals surface area contributed by atoms with E-state index in [-0.39, 0.29) is 6.04 Å². The number of rotatable bonds is 3. The fourth-order valence-corrected chi connectivity index (χ4v) is 2.53. The summed E-state index contributed by atoms with van der Waals surface area (Å²) in [4.78, 5) is 0. The molecule has 1 aromatic heterocycles. The Morgan fingerprint density at radius 3 is 2.53 bits per heavy atom. The molecule has 2 rings (SSSR count). The van der Waals surface area contributed by atoms with Crippen molar-refractivity contribution >= 4 is 33.9 Å². The van der Waals surface area contributed by atoms with Gasteiger partial charge in [0.05, 0.1) is 0 Å². The molecule has 1 heterocycles. The van der Waals surface area contributed by atoms with Gasteiger partial charge in [0.25, 0.3) is 0 Å². The predicted molar refractivity (Wildman–Crippen MR) is 74.1 cm³/mol. The number of hydrogen-bond donors (Lipinski definition) is 1. The van der Waals surface area contributed by atoms with Crippen LogP contribution in [0.15, 0.2) is 41.1 Å². The van der Waals surface area contributed by atoms with Crippen molar-refractivity contribution in [1.29, 1.82) is 0 Å². The molecule has 0 aliphatic carbocycles. The van der Waals surface area contributed by atoms with Crippen molar-refractivity contribution in [3.8, 4) is 0 Å². The molecule has 0 bridgehead atoms. The molecule has 1 aromatic carbocycles. The highest BCUT2D eigenvalue weighted by atomic mass is 127. The first-order chi connectivity index (χ1) is 7.25. The summed E-state index contributed by atoms with van der Waals surface area (Å²) in [7, 11) is 0. The summed E-state index contributed by atoms with van der Waals surface area (Å²) in [5, 5.41) is 4.25. The standard InChI is InChI=1S/C12H12INS/c13-11-3-1-10(2-4-11)12(14)7-9-5-6-15-8-9/h1-6,8,12H,7,14H2. The summed E-state index contributed by atoms with van der Waals surface area (Å²) < 4.78 is 1.25. The van der Waals surface area contributed by atoms with Crippen LogP contribution in [0.25, 0.3) is 0 Å². The van der Waals surface area contributed by atoms with Crippen LogP contribution in [-0.2, 0) is 6.42 Å². The Morgan fingerprint density at radius 2 is 1.93 bits per heavy atom. The van der Waals surface area contributed by atoms with E-state index < -0.39 is 0 Å². The summed E-state index contributed by atoms with van der Waals surface area (Å²) in [6.07, 6.45) is 0.921. The Balaban J connectivity index is 2.08. The van der Waals surface area contributed by atoms with Crippen LogP contribution in [0.2, 0.25) is 0 Å². The van der Waals surface area contributed by atoms with Crippen molar-refractivity contribution in [2.75, 3.05) is 0 Å². The van der Waals surface area contributed by atoms with Crippen molar-refractivity contribution in [1.82, 2.24) is 0 Å². The summed E-state index contributed by atoms with van der Waals surface area (Å²) in [6.45, 7) is 0. The van der Waals surface area contributed by atoms with E-state index in [1.807, 2.05) is 0 Å². The van der Waals surface area contributed by atoms with Crippen LogP contribution in [0, 0.1) is 3.57 Å². The van der Waals surface area contributed by atoms with Gasteiger partial charge in [0, 0.05) is 9.61 Å². The molecule has 2 aromatic rings. The quantitative estimate of drug-likeness (QED) is 0.856. The van der Waals surface area contributed by atoms with Crippen LogP contribution < -0.4 is 5.73 Å². The number of thiophene rings is 1. The van der Waals surface area contributed by atoms with Gasteiger partial charge in [-0.1, -0.05) is 12.1 Å². The molecule has 1 nitrogen and oxygen atoms in total. The lowest BCUT2D eigenvalue weighted by Crippen LogP contribution is -2.12. The lowest BCUT2D eigenvalue weighted by Gasteiger charge is -2.10. The Kier molecular flexibility index (Phi) is 3.77. The highest BCUT2D eigenvalue weighted by molar-refractivity contribution is 14.1. The van der Waals surface area contributed by atoms with Gasteiger partial charge < -0.3 is 5.73 Å². The Bertz CT molecular complexity index is 408. The Hall–Kier alpha value is -0.390. The van der Waals surface area contributed by atoms with E-state index in [0.717, 1.165) is 6.42 Å². The van der Waals surface area contributed by atoms with Gasteiger partial charge in [-0.3, -0.25) is 0 Å². The average molecular weight is 329 g/mol. The minimum absolute atomic E-state index is 0.108. The van der Waals surface area contributed by atoms with Gasteiger partial charge in [0.2, 0.25) is 0 Å². The third-order valence-electron chi connectivity index (χ3n) is 2.33. The second-order valence-electron chi connectivity index (χ2n) is 3.49. The summed E-state index contributed by atoms with van der Waals surface area (Å²) in [5.74, 6) is 0. The topological polar surface area (TPSA) is 26.0 Å². The maximum Gasteiger partial charge on any atom is 0.0336 e. The molecule has 1 unspecified atom stereocenters. The van der Waals surface area contributed by atoms with Crippen molar-refractivity contribution in [2.45, 2.75) is 12.5 Å². The van der Waals surface area contributed by atoms with Crippen LogP contribution in [0.4, 0.5) is 0 Å². The number of halogens is 1. The van der Waals surface area contributed by atoms with Gasteiger partial charge in [-0.05, 0) is 69.1 Å². The van der Waals surface area contributed by atoms with E-state index in [1.165, 1.54) is 14.7 Å². The van der Waals surface area contributed by atoms with Gasteiger partial charge in [0.1, 0.15) is 0 Å². The van der Waals surface area contributed by atoms with Crippen LogP contribution in [0.1, 0.15) is 17.2 Å². The molecule has 0 saturated heterocycles. The number of benzene rings is 1. The Morgan fingerprint density at radius 1 is 1.20 bits per heavy atom. The van der Waals surface area contributed by atoms with Crippen LogP contribution >= 0.6 is 33.9 Å². The third-order valence-corrected chi connectivity index (χ3v) is 3.79. The fourth-order valence-electron chi connectivity index (χ4n) is 1.49. The van der Waals surface area contributed by atoms with Crippen molar-refractivity contribution < 1.29 is 0 Å². The van der Waals surface area contributed by atoms with E-state index >= 15 is 0 Å². The molecule has 78 valence electrons. The highest BCUT2D eigenvalue weighted by Gasteiger charge is 2.06. The monoisotopic (exact) mass is 329 g/mol. The predicted octanol–water partition coefficient (Wildman–Crippen LogP) is 3.60. The summed E-state index contributed by atoms with van der Waals surface area (Å²) in [5.41, 5.74) is 8.67. The first kappa shape index (κ1) is 11.1. The molecule has 0 fully saturated rings. The molecule has 3 heteroatoms.